The number of amides is 1. The summed E-state index contributed by atoms with van der Waals surface area (Å²) >= 11 is 0. The van der Waals surface area contributed by atoms with Gasteiger partial charge in [0.05, 0.1) is 24.3 Å². The van der Waals surface area contributed by atoms with Crippen LogP contribution in [0.4, 0.5) is 0 Å². The van der Waals surface area contributed by atoms with E-state index in [1.165, 1.54) is 19.3 Å². The fraction of sp³-hybridized carbons (Fsp3) is 0.522. The molecule has 1 aromatic rings. The van der Waals surface area contributed by atoms with E-state index in [0.29, 0.717) is 37.0 Å². The molecule has 7 heteroatoms. The van der Waals surface area contributed by atoms with Crippen molar-refractivity contribution in [1.29, 1.82) is 0 Å². The Balaban J connectivity index is 1.86. The van der Waals surface area contributed by atoms with Gasteiger partial charge in [-0.3, -0.25) is 14.4 Å². The molecule has 0 radical (unpaired) electrons. The van der Waals surface area contributed by atoms with Crippen LogP contribution in [0.5, 0.6) is 0 Å². The topological polar surface area (TPSA) is 77.4 Å². The van der Waals surface area contributed by atoms with E-state index >= 15 is 0 Å². The largest absolute Gasteiger partial charge is 0.427 e. The quantitative estimate of drug-likeness (QED) is 0.545. The lowest BCUT2D eigenvalue weighted by Crippen LogP contribution is -2.50. The normalized spacial score (nSPS) is 23.9. The fourth-order valence-corrected chi connectivity index (χ4v) is 4.66. The number of oxime groups is 1. The average Bonchev–Trinajstić information content (AvgIpc) is 3.54. The van der Waals surface area contributed by atoms with Gasteiger partial charge in [0, 0.05) is 0 Å². The smallest absolute Gasteiger partial charge is 0.314 e. The van der Waals surface area contributed by atoms with Crippen molar-refractivity contribution in [3.63, 3.8) is 0 Å². The van der Waals surface area contributed by atoms with Gasteiger partial charge in [-0.15, -0.1) is 0 Å². The second-order valence-electron chi connectivity index (χ2n) is 8.32. The highest BCUT2D eigenvalue weighted by Crippen LogP contribution is 2.50. The predicted molar refractivity (Wildman–Crippen MR) is 111 cm³/mol. The average molecular weight is 412 g/mol. The summed E-state index contributed by atoms with van der Waals surface area (Å²) < 4.78 is 6.03. The van der Waals surface area contributed by atoms with Crippen LogP contribution in [0.25, 0.3) is 5.57 Å². The Hall–Kier alpha value is -2.67. The first-order chi connectivity index (χ1) is 14.4. The number of carbonyl (C=O) groups excluding carboxylic acids is 2. The Morgan fingerprint density at radius 2 is 1.77 bits per heavy atom. The van der Waals surface area contributed by atoms with Crippen molar-refractivity contribution >= 4 is 23.2 Å². The molecule has 0 unspecified atom stereocenters. The Bertz CT molecular complexity index is 915. The van der Waals surface area contributed by atoms with Gasteiger partial charge in [0.25, 0.3) is 5.91 Å². The number of hydrogen-bond acceptors (Lipinski definition) is 6. The van der Waals surface area contributed by atoms with Crippen LogP contribution in [0.3, 0.4) is 0 Å². The molecule has 0 saturated heterocycles. The van der Waals surface area contributed by atoms with Crippen LogP contribution in [0.1, 0.15) is 55.2 Å². The van der Waals surface area contributed by atoms with Crippen molar-refractivity contribution in [3.8, 4) is 0 Å². The third-order valence-corrected chi connectivity index (χ3v) is 6.34. The molecule has 160 valence electrons. The molecule has 0 bridgehead atoms. The van der Waals surface area contributed by atoms with E-state index in [1.807, 2.05) is 32.0 Å². The molecule has 0 aromatic heterocycles. The van der Waals surface area contributed by atoms with Crippen LogP contribution in [-0.4, -0.2) is 42.4 Å². The van der Waals surface area contributed by atoms with Crippen LogP contribution in [0.2, 0.25) is 0 Å². The maximum atomic E-state index is 13.6. The minimum atomic E-state index is -0.826. The Kier molecular flexibility index (Phi) is 5.40. The van der Waals surface area contributed by atoms with Crippen molar-refractivity contribution in [2.24, 2.45) is 11.1 Å². The molecular weight excluding hydrogens is 384 g/mol. The summed E-state index contributed by atoms with van der Waals surface area (Å²) in [5, 5.41) is 5.50. The Morgan fingerprint density at radius 3 is 2.30 bits per heavy atom. The second-order valence-corrected chi connectivity index (χ2v) is 8.32. The molecule has 0 N–H and O–H groups in total. The highest BCUT2D eigenvalue weighted by molar-refractivity contribution is 6.24. The first kappa shape index (κ1) is 20.6. The monoisotopic (exact) mass is 412 g/mol. The van der Waals surface area contributed by atoms with Crippen molar-refractivity contribution in [2.45, 2.75) is 57.9 Å². The maximum absolute atomic E-state index is 13.6. The van der Waals surface area contributed by atoms with Crippen molar-refractivity contribution in [3.05, 3.63) is 40.6 Å². The molecule has 0 atom stereocenters. The van der Waals surface area contributed by atoms with E-state index in [4.69, 9.17) is 14.4 Å². The first-order valence-electron chi connectivity index (χ1n) is 10.4. The molecule has 2 fully saturated rings. The lowest BCUT2D eigenvalue weighted by Gasteiger charge is -2.40. The minimum absolute atomic E-state index is 0.0744. The predicted octanol–water partition coefficient (Wildman–Crippen LogP) is 3.69. The number of hydrogen-bond donors (Lipinski definition) is 0. The third-order valence-electron chi connectivity index (χ3n) is 6.34. The van der Waals surface area contributed by atoms with Gasteiger partial charge in [0.2, 0.25) is 0 Å². The van der Waals surface area contributed by atoms with E-state index in [-0.39, 0.29) is 17.8 Å². The maximum Gasteiger partial charge on any atom is 0.314 e. The van der Waals surface area contributed by atoms with E-state index < -0.39 is 5.54 Å². The van der Waals surface area contributed by atoms with Gasteiger partial charge in [-0.1, -0.05) is 23.4 Å². The van der Waals surface area contributed by atoms with Gasteiger partial charge >= 0.3 is 5.97 Å². The summed E-state index contributed by atoms with van der Waals surface area (Å²) in [6.45, 7) is 3.94. The van der Waals surface area contributed by atoms with Crippen LogP contribution in [0.15, 0.2) is 29.1 Å². The number of rotatable bonds is 5. The molecular formula is C23H28N2O5. The molecule has 30 heavy (non-hydrogen) atoms. The zero-order chi connectivity index (χ0) is 21.5. The molecule has 1 heterocycles. The molecule has 1 amide bonds. The van der Waals surface area contributed by atoms with Gasteiger partial charge < -0.3 is 9.57 Å². The number of aryl methyl sites for hydroxylation is 2. The number of carbonyl (C=O) groups is 2. The zero-order valence-corrected chi connectivity index (χ0v) is 18.0. The standard InChI is InChI=1S/C23H28N2O5/c1-14-6-5-7-15(2)18(14)19-20(30-22(27)16-8-9-16)23(25(29-4)21(19)26)12-10-17(11-13-23)24-28-3/h5-7,16H,8-13H2,1-4H3. The number of esters is 1. The minimum Gasteiger partial charge on any atom is -0.427 e. The van der Waals surface area contributed by atoms with Gasteiger partial charge in [-0.25, -0.2) is 5.06 Å². The number of ether oxygens (including phenoxy) is 1. The highest BCUT2D eigenvalue weighted by atomic mass is 16.7. The molecule has 1 aliphatic heterocycles. The van der Waals surface area contributed by atoms with Crippen LogP contribution >= 0.6 is 0 Å². The third kappa shape index (κ3) is 3.31. The number of hydroxylamine groups is 2. The lowest BCUT2D eigenvalue weighted by molar-refractivity contribution is -0.200. The van der Waals surface area contributed by atoms with E-state index in [2.05, 4.69) is 5.16 Å². The first-order valence-corrected chi connectivity index (χ1v) is 10.4. The van der Waals surface area contributed by atoms with E-state index in [0.717, 1.165) is 35.2 Å². The van der Waals surface area contributed by atoms with Crippen molar-refractivity contribution in [1.82, 2.24) is 5.06 Å². The SMILES string of the molecule is CON=C1CCC2(CC1)C(OC(=O)C1CC1)=C(c1c(C)cccc1C)C(=O)N2OC. The number of nitrogens with zero attached hydrogens (tertiary/aromatic N) is 2. The fourth-order valence-electron chi connectivity index (χ4n) is 4.66. The van der Waals surface area contributed by atoms with Crippen molar-refractivity contribution < 1.29 is 24.0 Å². The molecule has 2 aliphatic carbocycles. The molecule has 7 nitrogen and oxygen atoms in total. The Labute approximate surface area is 176 Å². The van der Waals surface area contributed by atoms with E-state index in [1.54, 1.807) is 0 Å². The summed E-state index contributed by atoms with van der Waals surface area (Å²) in [6.07, 6.45) is 4.04. The van der Waals surface area contributed by atoms with Crippen LogP contribution in [-0.2, 0) is 24.0 Å². The van der Waals surface area contributed by atoms with Gasteiger partial charge in [-0.2, -0.15) is 0 Å². The second kappa shape index (κ2) is 7.87. The summed E-state index contributed by atoms with van der Waals surface area (Å²) in [5.41, 5.74) is 3.28. The summed E-state index contributed by atoms with van der Waals surface area (Å²) in [7, 11) is 3.02. The highest BCUT2D eigenvalue weighted by Gasteiger charge is 2.57. The molecule has 1 aromatic carbocycles. The summed E-state index contributed by atoms with van der Waals surface area (Å²) in [5.74, 6) is -0.161. The molecule has 3 aliphatic rings. The summed E-state index contributed by atoms with van der Waals surface area (Å²) in [6, 6.07) is 5.90. The zero-order valence-electron chi connectivity index (χ0n) is 18.0. The Morgan fingerprint density at radius 1 is 1.13 bits per heavy atom. The van der Waals surface area contributed by atoms with E-state index in [9.17, 15) is 9.59 Å². The summed E-state index contributed by atoms with van der Waals surface area (Å²) in [4.78, 5) is 36.9. The van der Waals surface area contributed by atoms with Gasteiger partial charge in [-0.05, 0) is 69.1 Å². The molecule has 2 saturated carbocycles. The molecule has 1 spiro atoms. The lowest BCUT2D eigenvalue weighted by atomic mass is 9.79. The van der Waals surface area contributed by atoms with Crippen LogP contribution in [0, 0.1) is 19.8 Å². The van der Waals surface area contributed by atoms with Gasteiger partial charge in [0.15, 0.2) is 0 Å². The van der Waals surface area contributed by atoms with Gasteiger partial charge in [0.1, 0.15) is 18.4 Å². The van der Waals surface area contributed by atoms with Crippen LogP contribution < -0.4 is 0 Å². The number of benzene rings is 1. The van der Waals surface area contributed by atoms with Crippen molar-refractivity contribution in [2.75, 3.05) is 14.2 Å². The molecule has 4 rings (SSSR count).